The van der Waals surface area contributed by atoms with Crippen LogP contribution in [-0.4, -0.2) is 29.9 Å². The molecular formula is C19H33NO2. The second kappa shape index (κ2) is 7.47. The average molecular weight is 307 g/mol. The molecule has 2 N–H and O–H groups in total. The van der Waals surface area contributed by atoms with Crippen LogP contribution in [0.4, 0.5) is 0 Å². The summed E-state index contributed by atoms with van der Waals surface area (Å²) in [4.78, 5) is 0. The Hall–Kier alpha value is -1.06. The average Bonchev–Trinajstić information content (AvgIpc) is 2.35. The number of aliphatic hydroxyl groups is 1. The first-order chi connectivity index (χ1) is 10.0. The van der Waals surface area contributed by atoms with Crippen LogP contribution in [-0.2, 0) is 0 Å². The Kier molecular flexibility index (Phi) is 6.45. The van der Waals surface area contributed by atoms with Gasteiger partial charge in [0.15, 0.2) is 0 Å². The standard InChI is InChI=1S/C19H33NO2/c1-14-9-8-10-17(15(14)2)22-12-16(21)11-20-19(6,7)13-18(3,4)5/h8-10,16,20-21H,11-13H2,1-7H3. The molecule has 126 valence electrons. The Morgan fingerprint density at radius 2 is 1.77 bits per heavy atom. The van der Waals surface area contributed by atoms with E-state index in [9.17, 15) is 5.11 Å². The molecule has 0 spiro atoms. The van der Waals surface area contributed by atoms with E-state index in [1.807, 2.05) is 19.1 Å². The SMILES string of the molecule is Cc1cccc(OCC(O)CNC(C)(C)CC(C)(C)C)c1C. The maximum Gasteiger partial charge on any atom is 0.122 e. The number of aliphatic hydroxyl groups excluding tert-OH is 1. The van der Waals surface area contributed by atoms with Crippen molar-refractivity contribution in [2.24, 2.45) is 5.41 Å². The number of ether oxygens (including phenoxy) is 1. The van der Waals surface area contributed by atoms with Crippen molar-refractivity contribution >= 4 is 0 Å². The Bertz CT molecular complexity index is 475. The molecule has 0 bridgehead atoms. The van der Waals surface area contributed by atoms with Crippen molar-refractivity contribution < 1.29 is 9.84 Å². The van der Waals surface area contributed by atoms with Crippen molar-refractivity contribution in [3.8, 4) is 5.75 Å². The van der Waals surface area contributed by atoms with Gasteiger partial charge in [0.05, 0.1) is 0 Å². The zero-order chi connectivity index (χ0) is 17.0. The summed E-state index contributed by atoms with van der Waals surface area (Å²) in [6, 6.07) is 6.00. The molecule has 0 aliphatic carbocycles. The van der Waals surface area contributed by atoms with Gasteiger partial charge >= 0.3 is 0 Å². The highest BCUT2D eigenvalue weighted by atomic mass is 16.5. The maximum absolute atomic E-state index is 10.1. The topological polar surface area (TPSA) is 41.5 Å². The molecule has 1 aromatic rings. The van der Waals surface area contributed by atoms with E-state index >= 15 is 0 Å². The van der Waals surface area contributed by atoms with Gasteiger partial charge in [0.1, 0.15) is 18.5 Å². The largest absolute Gasteiger partial charge is 0.491 e. The molecule has 0 heterocycles. The van der Waals surface area contributed by atoms with Crippen molar-refractivity contribution in [1.82, 2.24) is 5.32 Å². The van der Waals surface area contributed by atoms with Gasteiger partial charge < -0.3 is 15.2 Å². The number of rotatable bonds is 7. The van der Waals surface area contributed by atoms with Crippen LogP contribution in [0.5, 0.6) is 5.75 Å². The highest BCUT2D eigenvalue weighted by Crippen LogP contribution is 2.26. The van der Waals surface area contributed by atoms with Gasteiger partial charge in [-0.15, -0.1) is 0 Å². The summed E-state index contributed by atoms with van der Waals surface area (Å²) in [5, 5.41) is 13.6. The number of hydrogen-bond donors (Lipinski definition) is 2. The predicted octanol–water partition coefficient (Wildman–Crippen LogP) is 3.85. The minimum atomic E-state index is -0.515. The Balaban J connectivity index is 2.44. The van der Waals surface area contributed by atoms with Gasteiger partial charge in [-0.05, 0) is 56.7 Å². The molecule has 3 nitrogen and oxygen atoms in total. The van der Waals surface area contributed by atoms with Gasteiger partial charge in [0, 0.05) is 12.1 Å². The van der Waals surface area contributed by atoms with Gasteiger partial charge in [-0.25, -0.2) is 0 Å². The minimum Gasteiger partial charge on any atom is -0.491 e. The third-order valence-electron chi connectivity index (χ3n) is 3.77. The third kappa shape index (κ3) is 6.80. The van der Waals surface area contributed by atoms with E-state index in [-0.39, 0.29) is 11.0 Å². The van der Waals surface area contributed by atoms with Gasteiger partial charge in [0.25, 0.3) is 0 Å². The second-order valence-corrected chi connectivity index (χ2v) is 8.17. The van der Waals surface area contributed by atoms with Crippen molar-refractivity contribution in [3.05, 3.63) is 29.3 Å². The van der Waals surface area contributed by atoms with Crippen LogP contribution in [0.25, 0.3) is 0 Å². The van der Waals surface area contributed by atoms with Gasteiger partial charge in [0.2, 0.25) is 0 Å². The van der Waals surface area contributed by atoms with Crippen molar-refractivity contribution in [2.45, 2.75) is 66.5 Å². The first-order valence-electron chi connectivity index (χ1n) is 8.12. The van der Waals surface area contributed by atoms with Gasteiger partial charge in [-0.3, -0.25) is 0 Å². The number of benzene rings is 1. The highest BCUT2D eigenvalue weighted by molar-refractivity contribution is 5.38. The fraction of sp³-hybridized carbons (Fsp3) is 0.684. The molecule has 1 unspecified atom stereocenters. The quantitative estimate of drug-likeness (QED) is 0.804. The lowest BCUT2D eigenvalue weighted by atomic mass is 9.82. The lowest BCUT2D eigenvalue weighted by molar-refractivity contribution is 0.0941. The molecule has 0 fully saturated rings. The first kappa shape index (κ1) is 19.0. The molecule has 0 aliphatic rings. The summed E-state index contributed by atoms with van der Waals surface area (Å²) in [6.45, 7) is 16.0. The molecule has 0 radical (unpaired) electrons. The van der Waals surface area contributed by atoms with E-state index in [2.05, 4.69) is 52.9 Å². The summed E-state index contributed by atoms with van der Waals surface area (Å²) < 4.78 is 5.76. The summed E-state index contributed by atoms with van der Waals surface area (Å²) in [6.07, 6.45) is 0.532. The normalized spacial score (nSPS) is 14.0. The fourth-order valence-corrected chi connectivity index (χ4v) is 2.91. The molecular weight excluding hydrogens is 274 g/mol. The van der Waals surface area contributed by atoms with Crippen molar-refractivity contribution in [2.75, 3.05) is 13.2 Å². The summed E-state index contributed by atoms with van der Waals surface area (Å²) in [5.74, 6) is 0.855. The Labute approximate surface area is 136 Å². The van der Waals surface area contributed by atoms with Crippen molar-refractivity contribution in [1.29, 1.82) is 0 Å². The molecule has 3 heteroatoms. The zero-order valence-corrected chi connectivity index (χ0v) is 15.3. The monoisotopic (exact) mass is 307 g/mol. The molecule has 22 heavy (non-hydrogen) atoms. The second-order valence-electron chi connectivity index (χ2n) is 8.17. The van der Waals surface area contributed by atoms with E-state index in [1.54, 1.807) is 0 Å². The minimum absolute atomic E-state index is 0.00151. The van der Waals surface area contributed by atoms with Crippen LogP contribution in [0.3, 0.4) is 0 Å². The van der Waals surface area contributed by atoms with Crippen LogP contribution in [0.15, 0.2) is 18.2 Å². The molecule has 1 rings (SSSR count). The van der Waals surface area contributed by atoms with Crippen LogP contribution >= 0.6 is 0 Å². The summed E-state index contributed by atoms with van der Waals surface area (Å²) in [5.41, 5.74) is 2.60. The van der Waals surface area contributed by atoms with Crippen molar-refractivity contribution in [3.63, 3.8) is 0 Å². The van der Waals surface area contributed by atoms with E-state index in [1.165, 1.54) is 5.56 Å². The highest BCUT2D eigenvalue weighted by Gasteiger charge is 2.25. The van der Waals surface area contributed by atoms with Gasteiger partial charge in [-0.1, -0.05) is 32.9 Å². The van der Waals surface area contributed by atoms with E-state index in [0.717, 1.165) is 17.7 Å². The van der Waals surface area contributed by atoms with Crippen LogP contribution in [0, 0.1) is 19.3 Å². The number of β-amino-alcohol motifs (C(OH)–C–C–N with tert-alkyl or cyclic N) is 1. The molecule has 0 saturated carbocycles. The van der Waals surface area contributed by atoms with E-state index in [4.69, 9.17) is 4.74 Å². The number of hydrogen-bond acceptors (Lipinski definition) is 3. The molecule has 0 aromatic heterocycles. The number of nitrogens with one attached hydrogen (secondary N) is 1. The van der Waals surface area contributed by atoms with E-state index in [0.29, 0.717) is 13.2 Å². The lowest BCUT2D eigenvalue weighted by Gasteiger charge is -2.34. The maximum atomic E-state index is 10.1. The Morgan fingerprint density at radius 1 is 1.14 bits per heavy atom. The van der Waals surface area contributed by atoms with Gasteiger partial charge in [-0.2, -0.15) is 0 Å². The molecule has 0 amide bonds. The predicted molar refractivity (Wildman–Crippen MR) is 93.6 cm³/mol. The molecule has 0 aliphatic heterocycles. The zero-order valence-electron chi connectivity index (χ0n) is 15.3. The molecule has 1 atom stereocenters. The van der Waals surface area contributed by atoms with Crippen LogP contribution < -0.4 is 10.1 Å². The van der Waals surface area contributed by atoms with E-state index < -0.39 is 6.10 Å². The fourth-order valence-electron chi connectivity index (χ4n) is 2.91. The lowest BCUT2D eigenvalue weighted by Crippen LogP contribution is -2.46. The smallest absolute Gasteiger partial charge is 0.122 e. The number of aryl methyl sites for hydroxylation is 1. The summed E-state index contributed by atoms with van der Waals surface area (Å²) in [7, 11) is 0. The van der Waals surface area contributed by atoms with Crippen LogP contribution in [0.2, 0.25) is 0 Å². The van der Waals surface area contributed by atoms with Crippen LogP contribution in [0.1, 0.15) is 52.2 Å². The third-order valence-corrected chi connectivity index (χ3v) is 3.77. The molecule has 0 saturated heterocycles. The molecule has 1 aromatic carbocycles. The first-order valence-corrected chi connectivity index (χ1v) is 8.12. The Morgan fingerprint density at radius 3 is 2.36 bits per heavy atom. The summed E-state index contributed by atoms with van der Waals surface area (Å²) >= 11 is 0.